The third-order valence-electron chi connectivity index (χ3n) is 5.54. The van der Waals surface area contributed by atoms with E-state index in [1.807, 2.05) is 0 Å². The fourth-order valence-corrected chi connectivity index (χ4v) is 3.90. The molecule has 2 heterocycles. The summed E-state index contributed by atoms with van der Waals surface area (Å²) in [6.45, 7) is 11.3. The van der Waals surface area contributed by atoms with Crippen LogP contribution >= 0.6 is 0 Å². The van der Waals surface area contributed by atoms with Gasteiger partial charge in [0.1, 0.15) is 5.82 Å². The van der Waals surface area contributed by atoms with Crippen molar-refractivity contribution in [2.24, 2.45) is 0 Å². The number of hydrogen-bond donors (Lipinski definition) is 0. The van der Waals surface area contributed by atoms with Gasteiger partial charge in [-0.1, -0.05) is 42.5 Å². The number of aromatic nitrogens is 2. The molecule has 28 heavy (non-hydrogen) atoms. The van der Waals surface area contributed by atoms with E-state index in [2.05, 4.69) is 83.1 Å². The Labute approximate surface area is 167 Å². The van der Waals surface area contributed by atoms with Crippen molar-refractivity contribution in [1.82, 2.24) is 14.9 Å². The molecule has 1 saturated heterocycles. The normalized spacial score (nSPS) is 15.1. The Bertz CT molecular complexity index is 899. The molecule has 3 aromatic rings. The minimum absolute atomic E-state index is 0.861. The van der Waals surface area contributed by atoms with Crippen LogP contribution in [0.5, 0.6) is 0 Å². The summed E-state index contributed by atoms with van der Waals surface area (Å²) in [6.07, 6.45) is 0. The van der Waals surface area contributed by atoms with Gasteiger partial charge >= 0.3 is 0 Å². The fraction of sp³-hybridized carbons (Fsp3) is 0.391. The van der Waals surface area contributed by atoms with E-state index in [-0.39, 0.29) is 0 Å². The average Bonchev–Trinajstić information content (AvgIpc) is 2.76. The smallest absolute Gasteiger partial charge is 0.227 e. The first-order valence-corrected chi connectivity index (χ1v) is 10.3. The summed E-state index contributed by atoms with van der Waals surface area (Å²) in [7, 11) is 0. The number of para-hydroxylation sites is 1. The highest BCUT2D eigenvalue weighted by Crippen LogP contribution is 2.27. The zero-order valence-electron chi connectivity index (χ0n) is 16.9. The topological polar surface area (TPSA) is 35.5 Å². The maximum absolute atomic E-state index is 5.00. The molecule has 0 spiro atoms. The van der Waals surface area contributed by atoms with Crippen molar-refractivity contribution in [2.75, 3.05) is 49.1 Å². The van der Waals surface area contributed by atoms with Gasteiger partial charge in [0.25, 0.3) is 0 Å². The van der Waals surface area contributed by atoms with E-state index in [1.165, 1.54) is 5.56 Å². The van der Waals surface area contributed by atoms with Crippen LogP contribution in [-0.2, 0) is 6.54 Å². The lowest BCUT2D eigenvalue weighted by atomic mass is 10.2. The predicted octanol–water partition coefficient (Wildman–Crippen LogP) is 3.80. The molecule has 5 nitrogen and oxygen atoms in total. The summed E-state index contributed by atoms with van der Waals surface area (Å²) in [5.74, 6) is 1.91. The number of benzene rings is 2. The minimum Gasteiger partial charge on any atom is -0.356 e. The molecule has 146 valence electrons. The summed E-state index contributed by atoms with van der Waals surface area (Å²) in [4.78, 5) is 17.1. The SMILES string of the molecule is CCN(CC)c1nc(N2CCN(Cc3ccccc3)CC2)nc2ccccc12. The zero-order chi connectivity index (χ0) is 19.3. The summed E-state index contributed by atoms with van der Waals surface area (Å²) in [5.41, 5.74) is 2.41. The van der Waals surface area contributed by atoms with Crippen LogP contribution < -0.4 is 9.80 Å². The maximum atomic E-state index is 5.00. The Balaban J connectivity index is 1.53. The standard InChI is InChI=1S/C23H29N5/c1-3-27(4-2)22-20-12-8-9-13-21(20)24-23(25-22)28-16-14-26(15-17-28)18-19-10-6-5-7-11-19/h5-13H,3-4,14-18H2,1-2H3. The minimum atomic E-state index is 0.861. The number of hydrogen-bond acceptors (Lipinski definition) is 5. The Hall–Kier alpha value is -2.66. The second-order valence-electron chi connectivity index (χ2n) is 7.29. The van der Waals surface area contributed by atoms with Gasteiger partial charge in [-0.05, 0) is 31.5 Å². The van der Waals surface area contributed by atoms with Crippen molar-refractivity contribution in [3.8, 4) is 0 Å². The van der Waals surface area contributed by atoms with Crippen molar-refractivity contribution in [2.45, 2.75) is 20.4 Å². The lowest BCUT2D eigenvalue weighted by Crippen LogP contribution is -2.46. The Kier molecular flexibility index (Phi) is 5.72. The van der Waals surface area contributed by atoms with Crippen LogP contribution in [0.15, 0.2) is 54.6 Å². The third-order valence-corrected chi connectivity index (χ3v) is 5.54. The van der Waals surface area contributed by atoms with Gasteiger partial charge in [-0.2, -0.15) is 4.98 Å². The highest BCUT2D eigenvalue weighted by atomic mass is 15.3. The van der Waals surface area contributed by atoms with Crippen molar-refractivity contribution in [3.63, 3.8) is 0 Å². The molecular weight excluding hydrogens is 346 g/mol. The number of piperazine rings is 1. The molecule has 0 radical (unpaired) electrons. The van der Waals surface area contributed by atoms with Gasteiger partial charge in [0, 0.05) is 51.2 Å². The third kappa shape index (κ3) is 3.94. The van der Waals surface area contributed by atoms with Crippen LogP contribution in [0.25, 0.3) is 10.9 Å². The molecule has 0 unspecified atom stereocenters. The van der Waals surface area contributed by atoms with Gasteiger partial charge in [-0.15, -0.1) is 0 Å². The van der Waals surface area contributed by atoms with Gasteiger partial charge in [-0.3, -0.25) is 4.90 Å². The zero-order valence-corrected chi connectivity index (χ0v) is 16.9. The molecular formula is C23H29N5. The molecule has 1 aliphatic rings. The first-order valence-electron chi connectivity index (χ1n) is 10.3. The van der Waals surface area contributed by atoms with Crippen molar-refractivity contribution in [3.05, 3.63) is 60.2 Å². The molecule has 0 amide bonds. The van der Waals surface area contributed by atoms with E-state index in [4.69, 9.17) is 9.97 Å². The lowest BCUT2D eigenvalue weighted by molar-refractivity contribution is 0.249. The molecule has 1 aliphatic heterocycles. The van der Waals surface area contributed by atoms with E-state index in [9.17, 15) is 0 Å². The number of rotatable bonds is 6. The van der Waals surface area contributed by atoms with Gasteiger partial charge in [-0.25, -0.2) is 4.98 Å². The molecule has 1 aromatic heterocycles. The van der Waals surface area contributed by atoms with Crippen LogP contribution in [0.4, 0.5) is 11.8 Å². The van der Waals surface area contributed by atoms with Crippen molar-refractivity contribution in [1.29, 1.82) is 0 Å². The molecule has 0 N–H and O–H groups in total. The molecule has 5 heteroatoms. The predicted molar refractivity (Wildman–Crippen MR) is 117 cm³/mol. The first-order chi connectivity index (χ1) is 13.8. The number of anilines is 2. The van der Waals surface area contributed by atoms with Crippen molar-refractivity contribution >= 4 is 22.7 Å². The van der Waals surface area contributed by atoms with Crippen LogP contribution in [-0.4, -0.2) is 54.1 Å². The Morgan fingerprint density at radius 2 is 1.50 bits per heavy atom. The van der Waals surface area contributed by atoms with Crippen molar-refractivity contribution < 1.29 is 0 Å². The Morgan fingerprint density at radius 3 is 2.21 bits per heavy atom. The molecule has 4 rings (SSSR count). The highest BCUT2D eigenvalue weighted by Gasteiger charge is 2.21. The summed E-state index contributed by atoms with van der Waals surface area (Å²) >= 11 is 0. The lowest BCUT2D eigenvalue weighted by Gasteiger charge is -2.35. The maximum Gasteiger partial charge on any atom is 0.227 e. The number of nitrogens with zero attached hydrogens (tertiary/aromatic N) is 5. The average molecular weight is 376 g/mol. The van der Waals surface area contributed by atoms with Gasteiger partial charge in [0.2, 0.25) is 5.95 Å². The van der Waals surface area contributed by atoms with E-state index >= 15 is 0 Å². The quantitative estimate of drug-likeness (QED) is 0.655. The van der Waals surface area contributed by atoms with Crippen LogP contribution in [0.3, 0.4) is 0 Å². The van der Waals surface area contributed by atoms with Gasteiger partial charge in [0.15, 0.2) is 0 Å². The van der Waals surface area contributed by atoms with Crippen LogP contribution in [0, 0.1) is 0 Å². The molecule has 2 aromatic carbocycles. The molecule has 0 atom stereocenters. The molecule has 0 bridgehead atoms. The number of fused-ring (bicyclic) bond motifs is 1. The van der Waals surface area contributed by atoms with Crippen LogP contribution in [0.2, 0.25) is 0 Å². The Morgan fingerprint density at radius 1 is 0.821 bits per heavy atom. The molecule has 1 fully saturated rings. The monoisotopic (exact) mass is 375 g/mol. The molecule has 0 saturated carbocycles. The summed E-state index contributed by atoms with van der Waals surface area (Å²) in [6, 6.07) is 19.1. The summed E-state index contributed by atoms with van der Waals surface area (Å²) < 4.78 is 0. The molecule has 0 aliphatic carbocycles. The fourth-order valence-electron chi connectivity index (χ4n) is 3.90. The first kappa shape index (κ1) is 18.7. The highest BCUT2D eigenvalue weighted by molar-refractivity contribution is 5.90. The van der Waals surface area contributed by atoms with Gasteiger partial charge in [0.05, 0.1) is 5.52 Å². The second-order valence-corrected chi connectivity index (χ2v) is 7.29. The second kappa shape index (κ2) is 8.57. The van der Waals surface area contributed by atoms with Crippen LogP contribution in [0.1, 0.15) is 19.4 Å². The largest absolute Gasteiger partial charge is 0.356 e. The van der Waals surface area contributed by atoms with E-state index < -0.39 is 0 Å². The van der Waals surface area contributed by atoms with E-state index in [0.29, 0.717) is 0 Å². The van der Waals surface area contributed by atoms with Gasteiger partial charge < -0.3 is 9.80 Å². The summed E-state index contributed by atoms with van der Waals surface area (Å²) in [5, 5.41) is 1.14. The van der Waals surface area contributed by atoms with E-state index in [0.717, 1.165) is 68.5 Å². The van der Waals surface area contributed by atoms with E-state index in [1.54, 1.807) is 0 Å².